The first-order valence-corrected chi connectivity index (χ1v) is 9.44. The first kappa shape index (κ1) is 18.5. The number of aryl methyl sites for hydroxylation is 1. The molecule has 0 saturated heterocycles. The average molecular weight is 413 g/mol. The van der Waals surface area contributed by atoms with E-state index in [1.54, 1.807) is 6.92 Å². The van der Waals surface area contributed by atoms with Gasteiger partial charge < -0.3 is 9.47 Å². The number of hydrogen-bond acceptors (Lipinski definition) is 3. The number of carbonyl (C=O) groups excluding carboxylic acids is 1. The topological polar surface area (TPSA) is 35.5 Å². The van der Waals surface area contributed by atoms with Gasteiger partial charge in [-0.1, -0.05) is 40.0 Å². The van der Waals surface area contributed by atoms with Gasteiger partial charge in [-0.2, -0.15) is 0 Å². The maximum absolute atomic E-state index is 11.6. The zero-order valence-corrected chi connectivity index (χ0v) is 16.5. The lowest BCUT2D eigenvalue weighted by Gasteiger charge is -2.16. The standard InChI is InChI=1S/C22H21BrO3/c1-3-4-16(14-22(24)25-2)15-5-9-19(10-6-15)26-21-12-7-17-13-18(23)8-11-20(17)21/h5-6,8-11,13,16,21H,7,12,14H2,1-2H3/t16-,21?/m1/s1. The third kappa shape index (κ3) is 4.28. The largest absolute Gasteiger partial charge is 0.486 e. The predicted octanol–water partition coefficient (Wildman–Crippen LogP) is 5.19. The number of carbonyl (C=O) groups is 1. The van der Waals surface area contributed by atoms with Crippen molar-refractivity contribution in [3.63, 3.8) is 0 Å². The van der Waals surface area contributed by atoms with Crippen molar-refractivity contribution >= 4 is 21.9 Å². The fourth-order valence-corrected chi connectivity index (χ4v) is 3.70. The molecule has 0 aliphatic heterocycles. The van der Waals surface area contributed by atoms with Crippen LogP contribution in [-0.2, 0) is 16.0 Å². The van der Waals surface area contributed by atoms with Gasteiger partial charge in [0.1, 0.15) is 11.9 Å². The van der Waals surface area contributed by atoms with Crippen molar-refractivity contribution < 1.29 is 14.3 Å². The fourth-order valence-electron chi connectivity index (χ4n) is 3.29. The lowest BCUT2D eigenvalue weighted by atomic mass is 9.96. The summed E-state index contributed by atoms with van der Waals surface area (Å²) in [7, 11) is 1.40. The van der Waals surface area contributed by atoms with Crippen molar-refractivity contribution in [2.75, 3.05) is 7.11 Å². The summed E-state index contributed by atoms with van der Waals surface area (Å²) >= 11 is 3.52. The van der Waals surface area contributed by atoms with Gasteiger partial charge in [0.05, 0.1) is 19.4 Å². The maximum Gasteiger partial charge on any atom is 0.307 e. The molecule has 0 fully saturated rings. The molecule has 4 heteroatoms. The highest BCUT2D eigenvalue weighted by Crippen LogP contribution is 2.36. The number of ether oxygens (including phenoxy) is 2. The van der Waals surface area contributed by atoms with E-state index in [1.165, 1.54) is 18.2 Å². The highest BCUT2D eigenvalue weighted by atomic mass is 79.9. The first-order chi connectivity index (χ1) is 12.6. The van der Waals surface area contributed by atoms with Crippen molar-refractivity contribution in [3.05, 3.63) is 63.6 Å². The van der Waals surface area contributed by atoms with E-state index in [-0.39, 0.29) is 24.4 Å². The van der Waals surface area contributed by atoms with Crippen LogP contribution in [0.3, 0.4) is 0 Å². The second kappa shape index (κ2) is 8.42. The van der Waals surface area contributed by atoms with Crippen molar-refractivity contribution in [2.45, 2.75) is 38.2 Å². The Morgan fingerprint density at radius 1 is 1.27 bits per heavy atom. The number of rotatable bonds is 5. The molecular weight excluding hydrogens is 392 g/mol. The van der Waals surface area contributed by atoms with Gasteiger partial charge in [-0.15, -0.1) is 5.92 Å². The van der Waals surface area contributed by atoms with Gasteiger partial charge >= 0.3 is 5.97 Å². The summed E-state index contributed by atoms with van der Waals surface area (Å²) < 4.78 is 12.1. The molecular formula is C22H21BrO3. The van der Waals surface area contributed by atoms with Crippen LogP contribution in [0.2, 0.25) is 0 Å². The van der Waals surface area contributed by atoms with E-state index < -0.39 is 0 Å². The van der Waals surface area contributed by atoms with E-state index in [2.05, 4.69) is 46.0 Å². The van der Waals surface area contributed by atoms with Crippen LogP contribution >= 0.6 is 15.9 Å². The van der Waals surface area contributed by atoms with E-state index in [0.717, 1.165) is 28.6 Å². The quantitative estimate of drug-likeness (QED) is 0.500. The summed E-state index contributed by atoms with van der Waals surface area (Å²) in [6.45, 7) is 1.78. The van der Waals surface area contributed by atoms with Gasteiger partial charge in [0.15, 0.2) is 0 Å². The van der Waals surface area contributed by atoms with E-state index >= 15 is 0 Å². The minimum atomic E-state index is -0.258. The third-order valence-corrected chi connectivity index (χ3v) is 5.10. The number of benzene rings is 2. The molecule has 2 aromatic carbocycles. The van der Waals surface area contributed by atoms with Gasteiger partial charge in [-0.25, -0.2) is 0 Å². The molecule has 0 radical (unpaired) electrons. The van der Waals surface area contributed by atoms with E-state index in [9.17, 15) is 4.79 Å². The summed E-state index contributed by atoms with van der Waals surface area (Å²) in [5.74, 6) is 6.38. The molecule has 0 bridgehead atoms. The Bertz CT molecular complexity index is 846. The Labute approximate surface area is 162 Å². The van der Waals surface area contributed by atoms with Crippen LogP contribution in [0.1, 0.15) is 48.5 Å². The Morgan fingerprint density at radius 3 is 2.73 bits per heavy atom. The lowest BCUT2D eigenvalue weighted by Crippen LogP contribution is -2.08. The van der Waals surface area contributed by atoms with Crippen molar-refractivity contribution in [2.24, 2.45) is 0 Å². The summed E-state index contributed by atoms with van der Waals surface area (Å²) in [4.78, 5) is 11.6. The van der Waals surface area contributed by atoms with Crippen LogP contribution in [0.15, 0.2) is 46.9 Å². The monoisotopic (exact) mass is 412 g/mol. The number of hydrogen-bond donors (Lipinski definition) is 0. The molecule has 2 aromatic rings. The smallest absolute Gasteiger partial charge is 0.307 e. The number of esters is 1. The van der Waals surface area contributed by atoms with Gasteiger partial charge in [-0.3, -0.25) is 4.79 Å². The molecule has 26 heavy (non-hydrogen) atoms. The lowest BCUT2D eigenvalue weighted by molar-refractivity contribution is -0.140. The molecule has 0 spiro atoms. The number of methoxy groups -OCH3 is 1. The Hall–Kier alpha value is -2.25. The highest BCUT2D eigenvalue weighted by molar-refractivity contribution is 9.10. The molecule has 0 N–H and O–H groups in total. The van der Waals surface area contributed by atoms with Gasteiger partial charge in [0.2, 0.25) is 0 Å². The normalized spacial score (nSPS) is 16.2. The third-order valence-electron chi connectivity index (χ3n) is 4.61. The molecule has 0 saturated carbocycles. The number of fused-ring (bicyclic) bond motifs is 1. The summed E-state index contributed by atoms with van der Waals surface area (Å²) in [5.41, 5.74) is 3.60. The Morgan fingerprint density at radius 2 is 2.04 bits per heavy atom. The zero-order valence-electron chi connectivity index (χ0n) is 14.9. The summed E-state index contributed by atoms with van der Waals surface area (Å²) in [6.07, 6.45) is 2.36. The van der Waals surface area contributed by atoms with Crippen LogP contribution in [0.25, 0.3) is 0 Å². The van der Waals surface area contributed by atoms with Crippen LogP contribution < -0.4 is 4.74 Å². The van der Waals surface area contributed by atoms with Gasteiger partial charge in [0, 0.05) is 4.47 Å². The molecule has 0 amide bonds. The van der Waals surface area contributed by atoms with Crippen LogP contribution in [0.4, 0.5) is 0 Å². The first-order valence-electron chi connectivity index (χ1n) is 8.64. The number of halogens is 1. The second-order valence-electron chi connectivity index (χ2n) is 6.28. The molecule has 1 unspecified atom stereocenters. The maximum atomic E-state index is 11.6. The second-order valence-corrected chi connectivity index (χ2v) is 7.20. The van der Waals surface area contributed by atoms with E-state index in [0.29, 0.717) is 0 Å². The van der Waals surface area contributed by atoms with Crippen LogP contribution in [-0.4, -0.2) is 13.1 Å². The van der Waals surface area contributed by atoms with Crippen molar-refractivity contribution in [3.8, 4) is 17.6 Å². The average Bonchev–Trinajstić information content (AvgIpc) is 3.03. The zero-order chi connectivity index (χ0) is 18.5. The van der Waals surface area contributed by atoms with Crippen molar-refractivity contribution in [1.82, 2.24) is 0 Å². The minimum Gasteiger partial charge on any atom is -0.486 e. The SMILES string of the molecule is CC#C[C@H](CC(=O)OC)c1ccc(OC2CCc3cc(Br)ccc32)cc1. The molecule has 1 aliphatic carbocycles. The predicted molar refractivity (Wildman–Crippen MR) is 105 cm³/mol. The summed E-state index contributed by atoms with van der Waals surface area (Å²) in [6, 6.07) is 14.2. The van der Waals surface area contributed by atoms with Gasteiger partial charge in [-0.05, 0) is 60.7 Å². The molecule has 3 rings (SSSR count). The Balaban J connectivity index is 1.72. The minimum absolute atomic E-state index is 0.0882. The van der Waals surface area contributed by atoms with E-state index in [1.807, 2.05) is 24.3 Å². The Kier molecular flexibility index (Phi) is 6.00. The molecule has 3 nitrogen and oxygen atoms in total. The van der Waals surface area contributed by atoms with Gasteiger partial charge in [0.25, 0.3) is 0 Å². The molecule has 0 heterocycles. The van der Waals surface area contributed by atoms with Crippen LogP contribution in [0, 0.1) is 11.8 Å². The van der Waals surface area contributed by atoms with Crippen LogP contribution in [0.5, 0.6) is 5.75 Å². The molecule has 0 aromatic heterocycles. The van der Waals surface area contributed by atoms with E-state index in [4.69, 9.17) is 9.47 Å². The molecule has 1 aliphatic rings. The highest BCUT2D eigenvalue weighted by Gasteiger charge is 2.24. The fraction of sp³-hybridized carbons (Fsp3) is 0.318. The summed E-state index contributed by atoms with van der Waals surface area (Å²) in [5, 5.41) is 0. The van der Waals surface area contributed by atoms with Crippen molar-refractivity contribution in [1.29, 1.82) is 0 Å². The molecule has 2 atom stereocenters. The molecule has 134 valence electrons.